The van der Waals surface area contributed by atoms with E-state index in [0.717, 1.165) is 6.42 Å². The largest absolute Gasteiger partial charge is 0.350 e. The third-order valence-electron chi connectivity index (χ3n) is 3.84. The predicted octanol–water partition coefficient (Wildman–Crippen LogP) is 3.13. The van der Waals surface area contributed by atoms with E-state index in [-0.39, 0.29) is 23.0 Å². The zero-order chi connectivity index (χ0) is 17.8. The number of nitro benzene ring substituents is 1. The van der Waals surface area contributed by atoms with Crippen LogP contribution in [0.25, 0.3) is 0 Å². The van der Waals surface area contributed by atoms with Crippen molar-refractivity contribution in [3.63, 3.8) is 0 Å². The lowest BCUT2D eigenvalue weighted by Gasteiger charge is -2.27. The normalized spacial score (nSPS) is 13.7. The molecule has 2 aromatic carbocycles. The van der Waals surface area contributed by atoms with Gasteiger partial charge in [0.15, 0.2) is 0 Å². The standard InChI is InChI=1S/C17H15N5O3/c18-11-12-5-6-15(16(9-12)22(24)25)20-13-3-1-4-14(10-13)21-8-2-7-19-17(21)23/h1,3-6,9-10,20H,2,7-8H2,(H,19,23). The number of nitriles is 1. The molecular weight excluding hydrogens is 322 g/mol. The second kappa shape index (κ2) is 6.88. The van der Waals surface area contributed by atoms with E-state index in [1.165, 1.54) is 18.2 Å². The summed E-state index contributed by atoms with van der Waals surface area (Å²) in [6, 6.07) is 13.1. The van der Waals surface area contributed by atoms with Gasteiger partial charge in [0, 0.05) is 30.5 Å². The zero-order valence-electron chi connectivity index (χ0n) is 13.2. The summed E-state index contributed by atoms with van der Waals surface area (Å²) in [5.41, 5.74) is 1.64. The van der Waals surface area contributed by atoms with E-state index in [2.05, 4.69) is 10.6 Å². The van der Waals surface area contributed by atoms with Crippen molar-refractivity contribution in [1.82, 2.24) is 5.32 Å². The van der Waals surface area contributed by atoms with Crippen LogP contribution in [0.3, 0.4) is 0 Å². The van der Waals surface area contributed by atoms with Gasteiger partial charge in [0.1, 0.15) is 5.69 Å². The fraction of sp³-hybridized carbons (Fsp3) is 0.176. The molecule has 2 aromatic rings. The van der Waals surface area contributed by atoms with E-state index in [0.29, 0.717) is 24.5 Å². The number of rotatable bonds is 4. The summed E-state index contributed by atoms with van der Waals surface area (Å²) in [5.74, 6) is 0. The lowest BCUT2D eigenvalue weighted by Crippen LogP contribution is -2.46. The number of hydrogen-bond donors (Lipinski definition) is 2. The molecule has 1 saturated heterocycles. The molecule has 1 aliphatic rings. The molecule has 2 amide bonds. The Balaban J connectivity index is 1.89. The first kappa shape index (κ1) is 16.3. The summed E-state index contributed by atoms with van der Waals surface area (Å²) in [6.07, 6.45) is 0.852. The van der Waals surface area contributed by atoms with Gasteiger partial charge in [0.2, 0.25) is 0 Å². The molecule has 8 nitrogen and oxygen atoms in total. The maximum Gasteiger partial charge on any atom is 0.321 e. The molecule has 0 saturated carbocycles. The highest BCUT2D eigenvalue weighted by molar-refractivity contribution is 5.93. The number of hydrogen-bond acceptors (Lipinski definition) is 5. The molecule has 1 heterocycles. The highest BCUT2D eigenvalue weighted by Crippen LogP contribution is 2.30. The van der Waals surface area contributed by atoms with Gasteiger partial charge < -0.3 is 10.6 Å². The van der Waals surface area contributed by atoms with Crippen molar-refractivity contribution >= 4 is 28.8 Å². The van der Waals surface area contributed by atoms with Gasteiger partial charge in [-0.15, -0.1) is 0 Å². The van der Waals surface area contributed by atoms with Crippen LogP contribution >= 0.6 is 0 Å². The smallest absolute Gasteiger partial charge is 0.321 e. The van der Waals surface area contributed by atoms with Crippen molar-refractivity contribution in [2.24, 2.45) is 0 Å². The number of urea groups is 1. The summed E-state index contributed by atoms with van der Waals surface area (Å²) in [6.45, 7) is 1.27. The van der Waals surface area contributed by atoms with Gasteiger partial charge >= 0.3 is 6.03 Å². The third kappa shape index (κ3) is 3.50. The van der Waals surface area contributed by atoms with Crippen LogP contribution in [0.5, 0.6) is 0 Å². The number of anilines is 3. The van der Waals surface area contributed by atoms with E-state index >= 15 is 0 Å². The van der Waals surface area contributed by atoms with Crippen molar-refractivity contribution < 1.29 is 9.72 Å². The Hall–Kier alpha value is -3.60. The number of nitrogens with zero attached hydrogens (tertiary/aromatic N) is 3. The highest BCUT2D eigenvalue weighted by Gasteiger charge is 2.20. The highest BCUT2D eigenvalue weighted by atomic mass is 16.6. The molecule has 0 bridgehead atoms. The average Bonchev–Trinajstić information content (AvgIpc) is 2.62. The third-order valence-corrected chi connectivity index (χ3v) is 3.84. The zero-order valence-corrected chi connectivity index (χ0v) is 13.2. The molecule has 0 radical (unpaired) electrons. The van der Waals surface area contributed by atoms with Crippen molar-refractivity contribution in [2.45, 2.75) is 6.42 Å². The molecule has 0 unspecified atom stereocenters. The van der Waals surface area contributed by atoms with E-state index in [1.807, 2.05) is 12.1 Å². The molecule has 0 aliphatic carbocycles. The van der Waals surface area contributed by atoms with Crippen molar-refractivity contribution in [3.8, 4) is 6.07 Å². The van der Waals surface area contributed by atoms with Gasteiger partial charge in [-0.3, -0.25) is 15.0 Å². The van der Waals surface area contributed by atoms with Crippen LogP contribution in [0.1, 0.15) is 12.0 Å². The van der Waals surface area contributed by atoms with Crippen LogP contribution in [0, 0.1) is 21.4 Å². The number of amides is 2. The molecule has 2 N–H and O–H groups in total. The molecule has 1 aliphatic heterocycles. The van der Waals surface area contributed by atoms with Gasteiger partial charge in [-0.1, -0.05) is 6.07 Å². The van der Waals surface area contributed by atoms with Crippen molar-refractivity contribution in [3.05, 3.63) is 58.1 Å². The van der Waals surface area contributed by atoms with Gasteiger partial charge in [0.05, 0.1) is 16.6 Å². The SMILES string of the molecule is N#Cc1ccc(Nc2cccc(N3CCCNC3=O)c2)c([N+](=O)[O-])c1. The average molecular weight is 337 g/mol. The molecule has 0 aromatic heterocycles. The quantitative estimate of drug-likeness (QED) is 0.657. The summed E-state index contributed by atoms with van der Waals surface area (Å²) >= 11 is 0. The lowest BCUT2D eigenvalue weighted by atomic mass is 10.1. The second-order valence-electron chi connectivity index (χ2n) is 5.51. The molecular formula is C17H15N5O3. The Bertz CT molecular complexity index is 875. The molecule has 3 rings (SSSR count). The Kier molecular flexibility index (Phi) is 4.48. The van der Waals surface area contributed by atoms with E-state index < -0.39 is 4.92 Å². The fourth-order valence-corrected chi connectivity index (χ4v) is 2.64. The predicted molar refractivity (Wildman–Crippen MR) is 92.9 cm³/mol. The minimum absolute atomic E-state index is 0.159. The summed E-state index contributed by atoms with van der Waals surface area (Å²) in [7, 11) is 0. The Morgan fingerprint density at radius 1 is 1.28 bits per heavy atom. The van der Waals surface area contributed by atoms with Crippen LogP contribution in [-0.4, -0.2) is 24.0 Å². The first-order valence-electron chi connectivity index (χ1n) is 7.69. The maximum atomic E-state index is 12.0. The summed E-state index contributed by atoms with van der Waals surface area (Å²) < 4.78 is 0. The van der Waals surface area contributed by atoms with Crippen molar-refractivity contribution in [2.75, 3.05) is 23.3 Å². The molecule has 0 atom stereocenters. The molecule has 8 heteroatoms. The molecule has 1 fully saturated rings. The minimum Gasteiger partial charge on any atom is -0.350 e. The second-order valence-corrected chi connectivity index (χ2v) is 5.51. The topological polar surface area (TPSA) is 111 Å². The Labute approximate surface area is 143 Å². The van der Waals surface area contributed by atoms with Crippen LogP contribution in [0.15, 0.2) is 42.5 Å². The van der Waals surface area contributed by atoms with Crippen LogP contribution in [-0.2, 0) is 0 Å². The number of nitrogens with one attached hydrogen (secondary N) is 2. The first-order chi connectivity index (χ1) is 12.1. The number of carbonyl (C=O) groups excluding carboxylic acids is 1. The van der Waals surface area contributed by atoms with Crippen molar-refractivity contribution in [1.29, 1.82) is 5.26 Å². The lowest BCUT2D eigenvalue weighted by molar-refractivity contribution is -0.383. The monoisotopic (exact) mass is 337 g/mol. The van der Waals surface area contributed by atoms with E-state index in [4.69, 9.17) is 5.26 Å². The first-order valence-corrected chi connectivity index (χ1v) is 7.69. The van der Waals surface area contributed by atoms with Gasteiger partial charge in [-0.05, 0) is 36.8 Å². The number of carbonyl (C=O) groups is 1. The van der Waals surface area contributed by atoms with Gasteiger partial charge in [-0.2, -0.15) is 5.26 Å². The molecule has 126 valence electrons. The summed E-state index contributed by atoms with van der Waals surface area (Å²) in [4.78, 5) is 24.3. The molecule has 0 spiro atoms. The van der Waals surface area contributed by atoms with Crippen LogP contribution < -0.4 is 15.5 Å². The Morgan fingerprint density at radius 3 is 2.84 bits per heavy atom. The van der Waals surface area contributed by atoms with Gasteiger partial charge in [0.25, 0.3) is 5.69 Å². The van der Waals surface area contributed by atoms with E-state index in [9.17, 15) is 14.9 Å². The Morgan fingerprint density at radius 2 is 2.12 bits per heavy atom. The molecule has 25 heavy (non-hydrogen) atoms. The van der Waals surface area contributed by atoms with E-state index in [1.54, 1.807) is 23.1 Å². The maximum absolute atomic E-state index is 12.0. The summed E-state index contributed by atoms with van der Waals surface area (Å²) in [5, 5.41) is 25.9. The van der Waals surface area contributed by atoms with Crippen LogP contribution in [0.4, 0.5) is 27.5 Å². The number of benzene rings is 2. The van der Waals surface area contributed by atoms with Crippen LogP contribution in [0.2, 0.25) is 0 Å². The fourth-order valence-electron chi connectivity index (χ4n) is 2.64. The minimum atomic E-state index is -0.537. The van der Waals surface area contributed by atoms with Gasteiger partial charge in [-0.25, -0.2) is 4.79 Å². The number of nitro groups is 1.